The molecular weight excluding hydrogens is 328 g/mol. The molecule has 3 heterocycles. The van der Waals surface area contributed by atoms with Gasteiger partial charge in [0.05, 0.1) is 23.0 Å². The van der Waals surface area contributed by atoms with E-state index in [0.29, 0.717) is 24.3 Å². The van der Waals surface area contributed by atoms with Crippen molar-refractivity contribution in [1.29, 1.82) is 0 Å². The molecule has 0 amide bonds. The highest BCUT2D eigenvalue weighted by molar-refractivity contribution is 6.00. The quantitative estimate of drug-likeness (QED) is 0.578. The normalized spacial score (nSPS) is 19.8. The van der Waals surface area contributed by atoms with Gasteiger partial charge in [0, 0.05) is 17.1 Å². The lowest BCUT2D eigenvalue weighted by molar-refractivity contribution is 0.0452. The SMILES string of the molecule is Cc1ccnc2cc(-c3nn(C4CC(O)C4)c4ncnc(N)c34)ccc12. The Morgan fingerprint density at radius 1 is 1.15 bits per heavy atom. The van der Waals surface area contributed by atoms with Crippen molar-refractivity contribution in [2.75, 3.05) is 5.73 Å². The largest absolute Gasteiger partial charge is 0.393 e. The van der Waals surface area contributed by atoms with Gasteiger partial charge in [0.1, 0.15) is 17.8 Å². The van der Waals surface area contributed by atoms with Gasteiger partial charge >= 0.3 is 0 Å². The molecule has 26 heavy (non-hydrogen) atoms. The summed E-state index contributed by atoms with van der Waals surface area (Å²) in [6.07, 6.45) is 4.36. The molecule has 0 radical (unpaired) electrons. The zero-order valence-corrected chi connectivity index (χ0v) is 14.3. The standard InChI is InChI=1S/C19H18N6O/c1-10-4-5-21-15-6-11(2-3-14(10)15)17-16-18(20)22-9-23-19(16)25(24-17)12-7-13(26)8-12/h2-6,9,12-13,26H,7-8H2,1H3,(H2,20,22,23). The number of benzene rings is 1. The Morgan fingerprint density at radius 3 is 2.81 bits per heavy atom. The van der Waals surface area contributed by atoms with Gasteiger partial charge in [-0.3, -0.25) is 4.98 Å². The number of pyridine rings is 1. The molecule has 0 spiro atoms. The fourth-order valence-corrected chi connectivity index (χ4v) is 3.65. The van der Waals surface area contributed by atoms with Crippen LogP contribution in [-0.4, -0.2) is 35.9 Å². The summed E-state index contributed by atoms with van der Waals surface area (Å²) in [5.41, 5.74) is 10.7. The first-order valence-corrected chi connectivity index (χ1v) is 8.64. The summed E-state index contributed by atoms with van der Waals surface area (Å²) in [5.74, 6) is 0.411. The Labute approximate surface area is 149 Å². The van der Waals surface area contributed by atoms with E-state index in [1.165, 1.54) is 11.9 Å². The summed E-state index contributed by atoms with van der Waals surface area (Å²) in [6, 6.07) is 8.25. The first-order chi connectivity index (χ1) is 12.6. The molecule has 1 aliphatic carbocycles. The van der Waals surface area contributed by atoms with Crippen LogP contribution in [0.5, 0.6) is 0 Å². The molecule has 3 aromatic heterocycles. The molecule has 1 aromatic carbocycles. The topological polar surface area (TPSA) is 103 Å². The van der Waals surface area contributed by atoms with Crippen molar-refractivity contribution < 1.29 is 5.11 Å². The number of hydrogen-bond donors (Lipinski definition) is 2. The van der Waals surface area contributed by atoms with Gasteiger partial charge in [-0.2, -0.15) is 5.10 Å². The van der Waals surface area contributed by atoms with E-state index in [-0.39, 0.29) is 12.1 Å². The molecule has 1 fully saturated rings. The second-order valence-corrected chi connectivity index (χ2v) is 6.89. The fraction of sp³-hybridized carbons (Fsp3) is 0.263. The number of nitrogens with two attached hydrogens (primary N) is 1. The third-order valence-electron chi connectivity index (χ3n) is 5.19. The number of aromatic nitrogens is 5. The predicted octanol–water partition coefficient (Wildman–Crippen LogP) is 2.63. The summed E-state index contributed by atoms with van der Waals surface area (Å²) in [5, 5.41) is 16.3. The van der Waals surface area contributed by atoms with Gasteiger partial charge in [0.15, 0.2) is 5.65 Å². The monoisotopic (exact) mass is 346 g/mol. The lowest BCUT2D eigenvalue weighted by Crippen LogP contribution is -2.31. The zero-order chi connectivity index (χ0) is 17.8. The molecule has 1 saturated carbocycles. The van der Waals surface area contributed by atoms with Gasteiger partial charge in [0.2, 0.25) is 0 Å². The van der Waals surface area contributed by atoms with Crippen LogP contribution in [0.2, 0.25) is 0 Å². The van der Waals surface area contributed by atoms with Crippen LogP contribution in [-0.2, 0) is 0 Å². The van der Waals surface area contributed by atoms with E-state index in [1.807, 2.05) is 29.1 Å². The van der Waals surface area contributed by atoms with Crippen molar-refractivity contribution >= 4 is 27.8 Å². The number of anilines is 1. The van der Waals surface area contributed by atoms with Crippen molar-refractivity contribution in [3.05, 3.63) is 42.4 Å². The van der Waals surface area contributed by atoms with E-state index in [2.05, 4.69) is 27.9 Å². The van der Waals surface area contributed by atoms with E-state index in [9.17, 15) is 5.11 Å². The van der Waals surface area contributed by atoms with Crippen LogP contribution in [0.1, 0.15) is 24.4 Å². The number of hydrogen-bond acceptors (Lipinski definition) is 6. The van der Waals surface area contributed by atoms with Crippen LogP contribution in [0.3, 0.4) is 0 Å². The number of aryl methyl sites for hydroxylation is 1. The number of nitrogens with zero attached hydrogens (tertiary/aromatic N) is 5. The van der Waals surface area contributed by atoms with Gasteiger partial charge in [-0.1, -0.05) is 12.1 Å². The average molecular weight is 346 g/mol. The molecule has 4 aromatic rings. The van der Waals surface area contributed by atoms with Crippen LogP contribution < -0.4 is 5.73 Å². The van der Waals surface area contributed by atoms with Crippen LogP contribution in [0, 0.1) is 6.92 Å². The van der Waals surface area contributed by atoms with Gasteiger partial charge in [-0.25, -0.2) is 14.6 Å². The minimum absolute atomic E-state index is 0.136. The molecule has 1 aliphatic rings. The number of nitrogen functional groups attached to an aromatic ring is 1. The Kier molecular flexibility index (Phi) is 3.20. The maximum Gasteiger partial charge on any atom is 0.164 e. The van der Waals surface area contributed by atoms with Gasteiger partial charge in [-0.05, 0) is 37.5 Å². The highest BCUT2D eigenvalue weighted by Gasteiger charge is 2.32. The smallest absolute Gasteiger partial charge is 0.164 e. The van der Waals surface area contributed by atoms with E-state index in [1.54, 1.807) is 0 Å². The zero-order valence-electron chi connectivity index (χ0n) is 14.3. The van der Waals surface area contributed by atoms with Crippen LogP contribution in [0.4, 0.5) is 5.82 Å². The van der Waals surface area contributed by atoms with Gasteiger partial charge in [-0.15, -0.1) is 0 Å². The van der Waals surface area contributed by atoms with E-state index in [0.717, 1.165) is 27.5 Å². The van der Waals surface area contributed by atoms with Crippen molar-refractivity contribution in [1.82, 2.24) is 24.7 Å². The van der Waals surface area contributed by atoms with Crippen LogP contribution in [0.25, 0.3) is 33.2 Å². The van der Waals surface area contributed by atoms with Gasteiger partial charge in [0.25, 0.3) is 0 Å². The summed E-state index contributed by atoms with van der Waals surface area (Å²) >= 11 is 0. The van der Waals surface area contributed by atoms with E-state index in [4.69, 9.17) is 10.8 Å². The number of fused-ring (bicyclic) bond motifs is 2. The Bertz CT molecular complexity index is 1150. The summed E-state index contributed by atoms with van der Waals surface area (Å²) in [4.78, 5) is 13.0. The molecule has 0 atom stereocenters. The van der Waals surface area contributed by atoms with Gasteiger partial charge < -0.3 is 10.8 Å². The molecule has 130 valence electrons. The Morgan fingerprint density at radius 2 is 2.00 bits per heavy atom. The molecule has 0 aliphatic heterocycles. The summed E-state index contributed by atoms with van der Waals surface area (Å²) in [7, 11) is 0. The third-order valence-corrected chi connectivity index (χ3v) is 5.19. The Hall–Kier alpha value is -3.06. The minimum Gasteiger partial charge on any atom is -0.393 e. The van der Waals surface area contributed by atoms with Crippen LogP contribution >= 0.6 is 0 Å². The van der Waals surface area contributed by atoms with E-state index >= 15 is 0 Å². The lowest BCUT2D eigenvalue weighted by Gasteiger charge is -2.31. The molecular formula is C19H18N6O. The highest BCUT2D eigenvalue weighted by atomic mass is 16.3. The molecule has 0 saturated heterocycles. The van der Waals surface area contributed by atoms with E-state index < -0.39 is 0 Å². The number of aliphatic hydroxyl groups excluding tert-OH is 1. The predicted molar refractivity (Wildman–Crippen MR) is 99.5 cm³/mol. The maximum atomic E-state index is 9.67. The average Bonchev–Trinajstić information content (AvgIpc) is 2.99. The molecule has 3 N–H and O–H groups in total. The second kappa shape index (κ2) is 5.47. The highest BCUT2D eigenvalue weighted by Crippen LogP contribution is 2.38. The second-order valence-electron chi connectivity index (χ2n) is 6.89. The van der Waals surface area contributed by atoms with Crippen molar-refractivity contribution in [3.8, 4) is 11.3 Å². The Balaban J connectivity index is 1.74. The van der Waals surface area contributed by atoms with Crippen LogP contribution in [0.15, 0.2) is 36.8 Å². The fourth-order valence-electron chi connectivity index (χ4n) is 3.65. The molecule has 0 unspecified atom stereocenters. The summed E-state index contributed by atoms with van der Waals surface area (Å²) < 4.78 is 1.88. The maximum absolute atomic E-state index is 9.67. The molecule has 5 rings (SSSR count). The first-order valence-electron chi connectivity index (χ1n) is 8.64. The first kappa shape index (κ1) is 15.2. The number of aliphatic hydroxyl groups is 1. The third kappa shape index (κ3) is 2.17. The summed E-state index contributed by atoms with van der Waals surface area (Å²) in [6.45, 7) is 2.07. The number of rotatable bonds is 2. The van der Waals surface area contributed by atoms with Crippen molar-refractivity contribution in [2.45, 2.75) is 31.9 Å². The van der Waals surface area contributed by atoms with Crippen molar-refractivity contribution in [3.63, 3.8) is 0 Å². The molecule has 7 nitrogen and oxygen atoms in total. The van der Waals surface area contributed by atoms with Crippen molar-refractivity contribution in [2.24, 2.45) is 0 Å². The molecule has 0 bridgehead atoms. The lowest BCUT2D eigenvalue weighted by atomic mass is 9.90. The molecule has 7 heteroatoms. The minimum atomic E-state index is -0.269.